The Morgan fingerprint density at radius 3 is 2.40 bits per heavy atom. The lowest BCUT2D eigenvalue weighted by Gasteiger charge is -2.12. The topological polar surface area (TPSA) is 99.3 Å². The summed E-state index contributed by atoms with van der Waals surface area (Å²) < 4.78 is 17.9. The van der Waals surface area contributed by atoms with Gasteiger partial charge in [0.25, 0.3) is 5.88 Å². The van der Waals surface area contributed by atoms with Crippen LogP contribution in [0.2, 0.25) is 5.02 Å². The maximum atomic E-state index is 12.5. The molecule has 0 fully saturated rings. The van der Waals surface area contributed by atoms with Gasteiger partial charge < -0.3 is 14.2 Å². The molecule has 176 valence electrons. The Balaban J connectivity index is 1.64. The molecular formula is C26H21ClN4O4. The van der Waals surface area contributed by atoms with E-state index in [1.54, 1.807) is 44.4 Å². The van der Waals surface area contributed by atoms with Crippen molar-refractivity contribution in [2.24, 2.45) is 0 Å². The van der Waals surface area contributed by atoms with E-state index in [1.165, 1.54) is 4.68 Å². The van der Waals surface area contributed by atoms with Crippen LogP contribution in [0.25, 0.3) is 11.1 Å². The number of nitrogens with zero attached hydrogens (tertiary/aromatic N) is 4. The van der Waals surface area contributed by atoms with E-state index >= 15 is 0 Å². The van der Waals surface area contributed by atoms with E-state index in [1.807, 2.05) is 36.4 Å². The van der Waals surface area contributed by atoms with Gasteiger partial charge in [-0.3, -0.25) is 0 Å². The predicted octanol–water partition coefficient (Wildman–Crippen LogP) is 5.50. The molecule has 3 aromatic carbocycles. The molecule has 0 saturated heterocycles. The Morgan fingerprint density at radius 2 is 1.77 bits per heavy atom. The Kier molecular flexibility index (Phi) is 7.29. The van der Waals surface area contributed by atoms with Gasteiger partial charge in [-0.25, -0.2) is 9.48 Å². The number of rotatable bonds is 8. The summed E-state index contributed by atoms with van der Waals surface area (Å²) in [5.74, 6) is 0.634. The molecule has 4 rings (SSSR count). The average molecular weight is 489 g/mol. The second kappa shape index (κ2) is 10.7. The van der Waals surface area contributed by atoms with E-state index in [9.17, 15) is 4.79 Å². The van der Waals surface area contributed by atoms with E-state index in [0.29, 0.717) is 22.9 Å². The molecule has 4 aromatic rings. The molecule has 1 heterocycles. The van der Waals surface area contributed by atoms with Crippen molar-refractivity contribution in [1.82, 2.24) is 15.0 Å². The second-order valence-electron chi connectivity index (χ2n) is 7.40. The maximum Gasteiger partial charge on any atom is 0.364 e. The van der Waals surface area contributed by atoms with Gasteiger partial charge in [-0.05, 0) is 54.4 Å². The van der Waals surface area contributed by atoms with Crippen molar-refractivity contribution in [1.29, 1.82) is 5.26 Å². The summed E-state index contributed by atoms with van der Waals surface area (Å²) in [5.41, 5.74) is 3.07. The number of esters is 1. The van der Waals surface area contributed by atoms with Crippen molar-refractivity contribution in [2.75, 3.05) is 13.7 Å². The van der Waals surface area contributed by atoms with Gasteiger partial charge in [0.1, 0.15) is 11.5 Å². The standard InChI is InChI=1S/C26H21ClN4O4/c1-3-34-26(32)24-25(31(30-29-24)16-18-6-10-20(33-2)11-7-18)35-21-12-13-22(23(27)14-21)19-8-4-17(15-28)5-9-19/h4-14H,3,16H2,1-2H3. The number of hydrogen-bond acceptors (Lipinski definition) is 7. The van der Waals surface area contributed by atoms with Crippen LogP contribution in [0.4, 0.5) is 0 Å². The quantitative estimate of drug-likeness (QED) is 0.302. The number of nitriles is 1. The molecule has 0 atom stereocenters. The third-order valence-electron chi connectivity index (χ3n) is 5.13. The Bertz CT molecular complexity index is 1380. The SMILES string of the molecule is CCOC(=O)c1nnn(Cc2ccc(OC)cc2)c1Oc1ccc(-c2ccc(C#N)cc2)c(Cl)c1. The summed E-state index contributed by atoms with van der Waals surface area (Å²) in [6.07, 6.45) is 0. The number of halogens is 1. The van der Waals surface area contributed by atoms with Crippen molar-refractivity contribution in [2.45, 2.75) is 13.5 Å². The molecule has 0 aliphatic rings. The monoisotopic (exact) mass is 488 g/mol. The highest BCUT2D eigenvalue weighted by Crippen LogP contribution is 2.34. The van der Waals surface area contributed by atoms with Crippen LogP contribution in [0.3, 0.4) is 0 Å². The molecule has 0 amide bonds. The first kappa shape index (κ1) is 23.8. The molecule has 0 aliphatic carbocycles. The molecule has 0 N–H and O–H groups in total. The summed E-state index contributed by atoms with van der Waals surface area (Å²) in [7, 11) is 1.60. The zero-order valence-electron chi connectivity index (χ0n) is 19.1. The fourth-order valence-electron chi connectivity index (χ4n) is 3.37. The molecule has 0 bridgehead atoms. The molecule has 0 radical (unpaired) electrons. The molecule has 9 heteroatoms. The predicted molar refractivity (Wildman–Crippen MR) is 130 cm³/mol. The third-order valence-corrected chi connectivity index (χ3v) is 5.44. The first-order chi connectivity index (χ1) is 17.0. The number of carbonyl (C=O) groups excluding carboxylic acids is 1. The van der Waals surface area contributed by atoms with E-state index in [4.69, 9.17) is 31.1 Å². The first-order valence-corrected chi connectivity index (χ1v) is 11.1. The van der Waals surface area contributed by atoms with E-state index in [0.717, 1.165) is 22.4 Å². The maximum absolute atomic E-state index is 12.5. The van der Waals surface area contributed by atoms with E-state index in [2.05, 4.69) is 16.4 Å². The third kappa shape index (κ3) is 5.42. The van der Waals surface area contributed by atoms with E-state index < -0.39 is 5.97 Å². The number of aromatic nitrogens is 3. The molecule has 35 heavy (non-hydrogen) atoms. The summed E-state index contributed by atoms with van der Waals surface area (Å²) >= 11 is 6.54. The largest absolute Gasteiger partial charge is 0.497 e. The fourth-order valence-corrected chi connectivity index (χ4v) is 3.65. The first-order valence-electron chi connectivity index (χ1n) is 10.7. The van der Waals surface area contributed by atoms with Gasteiger partial charge in [0.05, 0.1) is 36.9 Å². The van der Waals surface area contributed by atoms with Crippen molar-refractivity contribution in [3.05, 3.63) is 88.6 Å². The highest BCUT2D eigenvalue weighted by atomic mass is 35.5. The number of ether oxygens (including phenoxy) is 3. The van der Waals surface area contributed by atoms with Crippen molar-refractivity contribution < 1.29 is 19.0 Å². The van der Waals surface area contributed by atoms with Crippen molar-refractivity contribution >= 4 is 17.6 Å². The molecule has 8 nitrogen and oxygen atoms in total. The summed E-state index contributed by atoms with van der Waals surface area (Å²) in [5, 5.41) is 17.5. The molecular weight excluding hydrogens is 468 g/mol. The smallest absolute Gasteiger partial charge is 0.364 e. The van der Waals surface area contributed by atoms with Crippen LogP contribution in [-0.4, -0.2) is 34.7 Å². The molecule has 0 unspecified atom stereocenters. The van der Waals surface area contributed by atoms with Gasteiger partial charge in [0.15, 0.2) is 0 Å². The molecule has 1 aromatic heterocycles. The van der Waals surface area contributed by atoms with Crippen LogP contribution in [-0.2, 0) is 11.3 Å². The van der Waals surface area contributed by atoms with Gasteiger partial charge in [-0.1, -0.05) is 41.1 Å². The lowest BCUT2D eigenvalue weighted by Crippen LogP contribution is -2.09. The van der Waals surface area contributed by atoms with Crippen LogP contribution in [0.15, 0.2) is 66.7 Å². The van der Waals surface area contributed by atoms with E-state index in [-0.39, 0.29) is 18.2 Å². The van der Waals surface area contributed by atoms with Gasteiger partial charge in [-0.15, -0.1) is 5.10 Å². The van der Waals surface area contributed by atoms with Gasteiger partial charge in [-0.2, -0.15) is 5.26 Å². The zero-order chi connectivity index (χ0) is 24.8. The highest BCUT2D eigenvalue weighted by Gasteiger charge is 2.24. The zero-order valence-corrected chi connectivity index (χ0v) is 19.8. The number of carbonyl (C=O) groups is 1. The van der Waals surface area contributed by atoms with Crippen LogP contribution in [0.5, 0.6) is 17.4 Å². The van der Waals surface area contributed by atoms with Crippen LogP contribution in [0, 0.1) is 11.3 Å². The normalized spacial score (nSPS) is 10.5. The Morgan fingerprint density at radius 1 is 1.06 bits per heavy atom. The molecule has 0 aliphatic heterocycles. The van der Waals surface area contributed by atoms with Crippen molar-refractivity contribution in [3.8, 4) is 34.6 Å². The number of methoxy groups -OCH3 is 1. The lowest BCUT2D eigenvalue weighted by atomic mass is 10.0. The van der Waals surface area contributed by atoms with Gasteiger partial charge in [0.2, 0.25) is 5.69 Å². The van der Waals surface area contributed by atoms with Crippen LogP contribution >= 0.6 is 11.6 Å². The van der Waals surface area contributed by atoms with Gasteiger partial charge in [0, 0.05) is 11.6 Å². The average Bonchev–Trinajstić information content (AvgIpc) is 3.27. The highest BCUT2D eigenvalue weighted by molar-refractivity contribution is 6.33. The Labute approximate surface area is 207 Å². The fraction of sp³-hybridized carbons (Fsp3) is 0.154. The number of benzene rings is 3. The summed E-state index contributed by atoms with van der Waals surface area (Å²) in [6.45, 7) is 2.21. The van der Waals surface area contributed by atoms with Crippen LogP contribution < -0.4 is 9.47 Å². The minimum absolute atomic E-state index is 0.0346. The Hall–Kier alpha value is -4.35. The molecule has 0 spiro atoms. The minimum Gasteiger partial charge on any atom is -0.497 e. The summed E-state index contributed by atoms with van der Waals surface area (Å²) in [4.78, 5) is 12.5. The van der Waals surface area contributed by atoms with Crippen molar-refractivity contribution in [3.63, 3.8) is 0 Å². The van der Waals surface area contributed by atoms with Gasteiger partial charge >= 0.3 is 5.97 Å². The van der Waals surface area contributed by atoms with Crippen LogP contribution in [0.1, 0.15) is 28.5 Å². The lowest BCUT2D eigenvalue weighted by molar-refractivity contribution is 0.0516. The molecule has 0 saturated carbocycles. The summed E-state index contributed by atoms with van der Waals surface area (Å²) in [6, 6.07) is 21.8. The minimum atomic E-state index is -0.635. The number of hydrogen-bond donors (Lipinski definition) is 0. The second-order valence-corrected chi connectivity index (χ2v) is 7.81.